The molecule has 112 valence electrons. The summed E-state index contributed by atoms with van der Waals surface area (Å²) < 4.78 is 10.1. The summed E-state index contributed by atoms with van der Waals surface area (Å²) in [6, 6.07) is 3.56. The molecule has 1 amide bonds. The van der Waals surface area contributed by atoms with Gasteiger partial charge in [-0.15, -0.1) is 0 Å². The third kappa shape index (κ3) is 5.14. The third-order valence-electron chi connectivity index (χ3n) is 2.90. The summed E-state index contributed by atoms with van der Waals surface area (Å²) in [6.45, 7) is 2.32. The first-order chi connectivity index (χ1) is 9.72. The predicted molar refractivity (Wildman–Crippen MR) is 78.1 cm³/mol. The molecule has 0 aliphatic rings. The first-order valence-electron chi connectivity index (χ1n) is 6.64. The van der Waals surface area contributed by atoms with Crippen LogP contribution in [0, 0.1) is 0 Å². The van der Waals surface area contributed by atoms with Gasteiger partial charge in [-0.3, -0.25) is 4.79 Å². The summed E-state index contributed by atoms with van der Waals surface area (Å²) in [5, 5.41) is 2.97. The number of rotatable bonds is 9. The van der Waals surface area contributed by atoms with Crippen molar-refractivity contribution >= 4 is 11.6 Å². The van der Waals surface area contributed by atoms with E-state index in [1.54, 1.807) is 31.4 Å². The van der Waals surface area contributed by atoms with Gasteiger partial charge in [-0.25, -0.2) is 4.98 Å². The van der Waals surface area contributed by atoms with Crippen molar-refractivity contribution in [3.63, 3.8) is 0 Å². The SMILES string of the molecule is CNc1ccc(C(=O)N(CCCOC)CCOC)nc1. The molecule has 1 aromatic heterocycles. The summed E-state index contributed by atoms with van der Waals surface area (Å²) in [7, 11) is 5.09. The Morgan fingerprint density at radius 3 is 2.55 bits per heavy atom. The average Bonchev–Trinajstić information content (AvgIpc) is 2.50. The van der Waals surface area contributed by atoms with E-state index >= 15 is 0 Å². The van der Waals surface area contributed by atoms with Gasteiger partial charge in [0.2, 0.25) is 0 Å². The highest BCUT2D eigenvalue weighted by Gasteiger charge is 2.16. The Balaban J connectivity index is 2.68. The lowest BCUT2D eigenvalue weighted by Crippen LogP contribution is -2.35. The lowest BCUT2D eigenvalue weighted by atomic mass is 10.2. The lowest BCUT2D eigenvalue weighted by Gasteiger charge is -2.22. The van der Waals surface area contributed by atoms with Crippen LogP contribution in [0.4, 0.5) is 5.69 Å². The maximum atomic E-state index is 12.4. The van der Waals surface area contributed by atoms with Crippen LogP contribution in [0.1, 0.15) is 16.9 Å². The number of pyridine rings is 1. The largest absolute Gasteiger partial charge is 0.387 e. The van der Waals surface area contributed by atoms with Gasteiger partial charge in [0.15, 0.2) is 0 Å². The van der Waals surface area contributed by atoms with Crippen LogP contribution < -0.4 is 5.32 Å². The van der Waals surface area contributed by atoms with Gasteiger partial charge in [0.1, 0.15) is 5.69 Å². The molecule has 0 radical (unpaired) electrons. The number of amides is 1. The fraction of sp³-hybridized carbons (Fsp3) is 0.571. The minimum Gasteiger partial charge on any atom is -0.387 e. The second kappa shape index (κ2) is 9.28. The Bertz CT molecular complexity index is 395. The molecule has 6 nitrogen and oxygen atoms in total. The zero-order chi connectivity index (χ0) is 14.8. The first kappa shape index (κ1) is 16.4. The van der Waals surface area contributed by atoms with Gasteiger partial charge >= 0.3 is 0 Å². The zero-order valence-electron chi connectivity index (χ0n) is 12.4. The molecule has 0 aliphatic heterocycles. The summed E-state index contributed by atoms with van der Waals surface area (Å²) in [5.41, 5.74) is 1.32. The molecule has 0 spiro atoms. The second-order valence-corrected chi connectivity index (χ2v) is 4.31. The number of aromatic nitrogens is 1. The molecule has 0 saturated heterocycles. The minimum absolute atomic E-state index is 0.0826. The number of hydrogen-bond donors (Lipinski definition) is 1. The number of nitrogens with zero attached hydrogens (tertiary/aromatic N) is 2. The smallest absolute Gasteiger partial charge is 0.272 e. The zero-order valence-corrected chi connectivity index (χ0v) is 12.4. The van der Waals surface area contributed by atoms with Gasteiger partial charge in [0, 0.05) is 41.0 Å². The Kier molecular flexibility index (Phi) is 7.60. The van der Waals surface area contributed by atoms with E-state index in [1.807, 2.05) is 13.1 Å². The maximum Gasteiger partial charge on any atom is 0.272 e. The van der Waals surface area contributed by atoms with Crippen LogP contribution >= 0.6 is 0 Å². The van der Waals surface area contributed by atoms with Gasteiger partial charge in [-0.2, -0.15) is 0 Å². The van der Waals surface area contributed by atoms with Crippen molar-refractivity contribution in [2.75, 3.05) is 52.9 Å². The van der Waals surface area contributed by atoms with Crippen molar-refractivity contribution in [3.8, 4) is 0 Å². The van der Waals surface area contributed by atoms with Crippen molar-refractivity contribution in [1.82, 2.24) is 9.88 Å². The highest BCUT2D eigenvalue weighted by atomic mass is 16.5. The number of carbonyl (C=O) groups excluding carboxylic acids is 1. The number of hydrogen-bond acceptors (Lipinski definition) is 5. The van der Waals surface area contributed by atoms with Gasteiger partial charge in [-0.1, -0.05) is 0 Å². The van der Waals surface area contributed by atoms with E-state index in [1.165, 1.54) is 0 Å². The normalized spacial score (nSPS) is 10.3. The molecule has 1 rings (SSSR count). The molecule has 0 unspecified atom stereocenters. The molecule has 0 bridgehead atoms. The Labute approximate surface area is 120 Å². The van der Waals surface area contributed by atoms with Crippen molar-refractivity contribution in [1.29, 1.82) is 0 Å². The number of anilines is 1. The van der Waals surface area contributed by atoms with Crippen LogP contribution in [0.3, 0.4) is 0 Å². The van der Waals surface area contributed by atoms with E-state index in [2.05, 4.69) is 10.3 Å². The molecular formula is C14H23N3O3. The van der Waals surface area contributed by atoms with Crippen molar-refractivity contribution in [2.45, 2.75) is 6.42 Å². The number of nitrogens with one attached hydrogen (secondary N) is 1. The van der Waals surface area contributed by atoms with E-state index in [4.69, 9.17) is 9.47 Å². The van der Waals surface area contributed by atoms with Gasteiger partial charge in [0.05, 0.1) is 18.5 Å². The van der Waals surface area contributed by atoms with Gasteiger partial charge < -0.3 is 19.7 Å². The molecule has 0 saturated carbocycles. The highest BCUT2D eigenvalue weighted by molar-refractivity contribution is 5.92. The van der Waals surface area contributed by atoms with Crippen LogP contribution in [-0.4, -0.2) is 63.4 Å². The molecular weight excluding hydrogens is 258 g/mol. The van der Waals surface area contributed by atoms with Crippen LogP contribution in [-0.2, 0) is 9.47 Å². The standard InChI is InChI=1S/C14H23N3O3/c1-15-12-5-6-13(16-11-12)14(18)17(8-10-20-3)7-4-9-19-2/h5-6,11,15H,4,7-10H2,1-3H3. The third-order valence-corrected chi connectivity index (χ3v) is 2.90. The molecule has 6 heteroatoms. The van der Waals surface area contributed by atoms with E-state index in [0.29, 0.717) is 32.0 Å². The molecule has 1 aromatic rings. The predicted octanol–water partition coefficient (Wildman–Crippen LogP) is 1.25. The molecule has 0 fully saturated rings. The summed E-state index contributed by atoms with van der Waals surface area (Å²) in [6.07, 6.45) is 2.44. The van der Waals surface area contributed by atoms with Crippen molar-refractivity contribution in [2.24, 2.45) is 0 Å². The quantitative estimate of drug-likeness (QED) is 0.690. The van der Waals surface area contributed by atoms with Gasteiger partial charge in [0.25, 0.3) is 5.91 Å². The van der Waals surface area contributed by atoms with Crippen LogP contribution in [0.25, 0.3) is 0 Å². The Morgan fingerprint density at radius 2 is 2.00 bits per heavy atom. The van der Waals surface area contributed by atoms with E-state index in [-0.39, 0.29) is 5.91 Å². The van der Waals surface area contributed by atoms with Crippen LogP contribution in [0.5, 0.6) is 0 Å². The number of methoxy groups -OCH3 is 2. The molecule has 0 aliphatic carbocycles. The Hall–Kier alpha value is -1.66. The second-order valence-electron chi connectivity index (χ2n) is 4.31. The van der Waals surface area contributed by atoms with E-state index in [9.17, 15) is 4.79 Å². The van der Waals surface area contributed by atoms with Crippen LogP contribution in [0.2, 0.25) is 0 Å². The number of carbonyl (C=O) groups is 1. The Morgan fingerprint density at radius 1 is 1.25 bits per heavy atom. The monoisotopic (exact) mass is 281 g/mol. The summed E-state index contributed by atoms with van der Waals surface area (Å²) in [4.78, 5) is 18.3. The van der Waals surface area contributed by atoms with E-state index < -0.39 is 0 Å². The maximum absolute atomic E-state index is 12.4. The van der Waals surface area contributed by atoms with Crippen molar-refractivity contribution < 1.29 is 14.3 Å². The molecule has 20 heavy (non-hydrogen) atoms. The molecule has 1 N–H and O–H groups in total. The lowest BCUT2D eigenvalue weighted by molar-refractivity contribution is 0.0668. The minimum atomic E-state index is -0.0826. The first-order valence-corrected chi connectivity index (χ1v) is 6.64. The average molecular weight is 281 g/mol. The summed E-state index contributed by atoms with van der Waals surface area (Å²) in [5.74, 6) is -0.0826. The topological polar surface area (TPSA) is 63.7 Å². The van der Waals surface area contributed by atoms with Crippen molar-refractivity contribution in [3.05, 3.63) is 24.0 Å². The fourth-order valence-corrected chi connectivity index (χ4v) is 1.75. The molecule has 1 heterocycles. The van der Waals surface area contributed by atoms with Crippen LogP contribution in [0.15, 0.2) is 18.3 Å². The fourth-order valence-electron chi connectivity index (χ4n) is 1.75. The number of ether oxygens (including phenoxy) is 2. The van der Waals surface area contributed by atoms with Gasteiger partial charge in [-0.05, 0) is 18.6 Å². The molecule has 0 atom stereocenters. The van der Waals surface area contributed by atoms with E-state index in [0.717, 1.165) is 12.1 Å². The molecule has 0 aromatic carbocycles. The highest BCUT2D eigenvalue weighted by Crippen LogP contribution is 2.08. The summed E-state index contributed by atoms with van der Waals surface area (Å²) >= 11 is 0.